The molecule has 0 saturated heterocycles. The average Bonchev–Trinajstić information content (AvgIpc) is 2.12. The van der Waals surface area contributed by atoms with E-state index >= 15 is 0 Å². The summed E-state index contributed by atoms with van der Waals surface area (Å²) in [6.45, 7) is 13.7. The Morgan fingerprint density at radius 2 is 2.00 bits per heavy atom. The molecule has 0 bridgehead atoms. The largest absolute Gasteiger partial charge is 0.278 e. The highest BCUT2D eigenvalue weighted by atomic mass is 14.9. The van der Waals surface area contributed by atoms with Gasteiger partial charge in [0.15, 0.2) is 0 Å². The monoisotopic (exact) mass is 190 g/mol. The molecular weight excluding hydrogens is 172 g/mol. The molecule has 0 aromatic heterocycles. The first-order valence-electron chi connectivity index (χ1n) is 4.55. The molecule has 0 atom stereocenters. The standard InChI is InChI=1S/C12H18N2/c1-6-7-11(4)12(10(2)3)8-14-9-13-5/h6-8H,2,5,9H2,1,3-4H3/b7-6-,12-11-,14-8?. The van der Waals surface area contributed by atoms with Gasteiger partial charge in [0.1, 0.15) is 6.67 Å². The molecular formula is C12H18N2. The van der Waals surface area contributed by atoms with Gasteiger partial charge in [-0.1, -0.05) is 18.7 Å². The summed E-state index contributed by atoms with van der Waals surface area (Å²) in [7, 11) is 0. The fraction of sp³-hybridized carbons (Fsp3) is 0.333. The van der Waals surface area contributed by atoms with Crippen LogP contribution in [0.3, 0.4) is 0 Å². The van der Waals surface area contributed by atoms with Gasteiger partial charge in [-0.05, 0) is 44.2 Å². The van der Waals surface area contributed by atoms with Crippen LogP contribution in [0.5, 0.6) is 0 Å². The van der Waals surface area contributed by atoms with Crippen molar-refractivity contribution in [2.24, 2.45) is 9.98 Å². The lowest BCUT2D eigenvalue weighted by molar-refractivity contribution is 1.09. The second-order valence-electron chi connectivity index (χ2n) is 3.05. The summed E-state index contributed by atoms with van der Waals surface area (Å²) in [4.78, 5) is 7.76. The maximum absolute atomic E-state index is 4.11. The van der Waals surface area contributed by atoms with E-state index in [2.05, 4.69) is 23.3 Å². The number of nitrogens with zero attached hydrogens (tertiary/aromatic N) is 2. The van der Waals surface area contributed by atoms with Gasteiger partial charge in [-0.3, -0.25) is 9.98 Å². The zero-order valence-corrected chi connectivity index (χ0v) is 9.25. The van der Waals surface area contributed by atoms with Crippen LogP contribution >= 0.6 is 0 Å². The van der Waals surface area contributed by atoms with E-state index in [0.29, 0.717) is 6.67 Å². The average molecular weight is 190 g/mol. The van der Waals surface area contributed by atoms with Gasteiger partial charge in [-0.15, -0.1) is 0 Å². The highest BCUT2D eigenvalue weighted by Gasteiger charge is 1.97. The number of rotatable bonds is 5. The van der Waals surface area contributed by atoms with Crippen molar-refractivity contribution in [3.8, 4) is 0 Å². The Hall–Kier alpha value is -1.44. The Labute approximate surface area is 86.5 Å². The third kappa shape index (κ3) is 4.55. The van der Waals surface area contributed by atoms with Crippen molar-refractivity contribution in [1.29, 1.82) is 0 Å². The number of hydrogen-bond acceptors (Lipinski definition) is 2. The van der Waals surface area contributed by atoms with E-state index in [-0.39, 0.29) is 0 Å². The molecule has 0 fully saturated rings. The van der Waals surface area contributed by atoms with Gasteiger partial charge in [0.25, 0.3) is 0 Å². The van der Waals surface area contributed by atoms with Crippen LogP contribution in [-0.2, 0) is 0 Å². The first-order valence-corrected chi connectivity index (χ1v) is 4.55. The lowest BCUT2D eigenvalue weighted by Gasteiger charge is -2.03. The van der Waals surface area contributed by atoms with Crippen molar-refractivity contribution >= 4 is 12.9 Å². The smallest absolute Gasteiger partial charge is 0.128 e. The number of allylic oxidation sites excluding steroid dienone is 5. The fourth-order valence-corrected chi connectivity index (χ4v) is 1.08. The normalized spacial score (nSPS) is 13.4. The maximum Gasteiger partial charge on any atom is 0.128 e. The first-order chi connectivity index (χ1) is 6.63. The molecule has 0 aromatic carbocycles. The number of aliphatic imine (C=N–C) groups is 2. The Kier molecular flexibility index (Phi) is 6.29. The molecule has 76 valence electrons. The molecule has 0 spiro atoms. The highest BCUT2D eigenvalue weighted by Crippen LogP contribution is 2.11. The van der Waals surface area contributed by atoms with Crippen LogP contribution in [0, 0.1) is 0 Å². The van der Waals surface area contributed by atoms with E-state index in [9.17, 15) is 0 Å². The van der Waals surface area contributed by atoms with Crippen molar-refractivity contribution < 1.29 is 0 Å². The van der Waals surface area contributed by atoms with E-state index in [4.69, 9.17) is 0 Å². The molecule has 0 aromatic rings. The minimum Gasteiger partial charge on any atom is -0.278 e. The van der Waals surface area contributed by atoms with Crippen LogP contribution in [-0.4, -0.2) is 19.6 Å². The molecule has 2 nitrogen and oxygen atoms in total. The minimum atomic E-state index is 0.403. The van der Waals surface area contributed by atoms with Gasteiger partial charge in [0.2, 0.25) is 0 Å². The summed E-state index contributed by atoms with van der Waals surface area (Å²) in [5.74, 6) is 0. The molecule has 0 saturated carbocycles. The lowest BCUT2D eigenvalue weighted by Crippen LogP contribution is -1.91. The molecule has 0 radical (unpaired) electrons. The van der Waals surface area contributed by atoms with E-state index in [1.165, 1.54) is 0 Å². The molecule has 0 N–H and O–H groups in total. The lowest BCUT2D eigenvalue weighted by atomic mass is 10.0. The molecule has 2 heteroatoms. The quantitative estimate of drug-likeness (QED) is 0.470. The van der Waals surface area contributed by atoms with Gasteiger partial charge in [0, 0.05) is 6.21 Å². The molecule has 14 heavy (non-hydrogen) atoms. The van der Waals surface area contributed by atoms with Gasteiger partial charge in [0.05, 0.1) is 0 Å². The predicted octanol–water partition coefficient (Wildman–Crippen LogP) is 3.18. The SMILES string of the molecule is C=NCN=C/C(C(=C)C)=C(C)/C=C\C. The summed E-state index contributed by atoms with van der Waals surface area (Å²) < 4.78 is 0. The Balaban J connectivity index is 4.84. The molecule has 0 aliphatic heterocycles. The van der Waals surface area contributed by atoms with E-state index in [1.54, 1.807) is 6.21 Å². The Bertz CT molecular complexity index is 293. The van der Waals surface area contributed by atoms with Crippen LogP contribution in [0.4, 0.5) is 0 Å². The summed E-state index contributed by atoms with van der Waals surface area (Å²) >= 11 is 0. The maximum atomic E-state index is 4.11. The molecule has 0 aliphatic rings. The second kappa shape index (κ2) is 7.01. The summed E-state index contributed by atoms with van der Waals surface area (Å²) in [6, 6.07) is 0. The first kappa shape index (κ1) is 12.6. The van der Waals surface area contributed by atoms with Gasteiger partial charge >= 0.3 is 0 Å². The summed E-state index contributed by atoms with van der Waals surface area (Å²) in [5, 5.41) is 0. The molecule has 0 aliphatic carbocycles. The van der Waals surface area contributed by atoms with Crippen molar-refractivity contribution in [3.05, 3.63) is 35.5 Å². The highest BCUT2D eigenvalue weighted by molar-refractivity contribution is 5.85. The Morgan fingerprint density at radius 1 is 1.36 bits per heavy atom. The molecule has 0 unspecified atom stereocenters. The van der Waals surface area contributed by atoms with E-state index < -0.39 is 0 Å². The fourth-order valence-electron chi connectivity index (χ4n) is 1.08. The van der Waals surface area contributed by atoms with Gasteiger partial charge in [-0.25, -0.2) is 0 Å². The van der Waals surface area contributed by atoms with E-state index in [0.717, 1.165) is 16.7 Å². The van der Waals surface area contributed by atoms with Crippen LogP contribution in [0.15, 0.2) is 45.4 Å². The topological polar surface area (TPSA) is 24.7 Å². The summed E-state index contributed by atoms with van der Waals surface area (Å²) in [5.41, 5.74) is 3.23. The molecule has 0 heterocycles. The van der Waals surface area contributed by atoms with E-state index in [1.807, 2.05) is 32.9 Å². The van der Waals surface area contributed by atoms with Gasteiger partial charge in [-0.2, -0.15) is 0 Å². The van der Waals surface area contributed by atoms with Crippen molar-refractivity contribution in [1.82, 2.24) is 0 Å². The van der Waals surface area contributed by atoms with Crippen LogP contribution in [0.1, 0.15) is 20.8 Å². The van der Waals surface area contributed by atoms with Crippen LogP contribution < -0.4 is 0 Å². The van der Waals surface area contributed by atoms with Crippen molar-refractivity contribution in [3.63, 3.8) is 0 Å². The third-order valence-electron chi connectivity index (χ3n) is 1.70. The Morgan fingerprint density at radius 3 is 2.43 bits per heavy atom. The van der Waals surface area contributed by atoms with Crippen LogP contribution in [0.2, 0.25) is 0 Å². The summed E-state index contributed by atoms with van der Waals surface area (Å²) in [6.07, 6.45) is 5.83. The van der Waals surface area contributed by atoms with Gasteiger partial charge < -0.3 is 0 Å². The zero-order valence-electron chi connectivity index (χ0n) is 9.25. The van der Waals surface area contributed by atoms with Crippen molar-refractivity contribution in [2.75, 3.05) is 6.67 Å². The predicted molar refractivity (Wildman–Crippen MR) is 65.2 cm³/mol. The molecule has 0 rings (SSSR count). The van der Waals surface area contributed by atoms with Crippen LogP contribution in [0.25, 0.3) is 0 Å². The van der Waals surface area contributed by atoms with Crippen molar-refractivity contribution in [2.45, 2.75) is 20.8 Å². The zero-order chi connectivity index (χ0) is 11.0. The number of hydrogen-bond donors (Lipinski definition) is 0. The third-order valence-corrected chi connectivity index (χ3v) is 1.70. The minimum absolute atomic E-state index is 0.403. The second-order valence-corrected chi connectivity index (χ2v) is 3.05. The molecule has 0 amide bonds.